The highest BCUT2D eigenvalue weighted by molar-refractivity contribution is 7.89. The number of aryl methyl sites for hydroxylation is 2. The van der Waals surface area contributed by atoms with Crippen LogP contribution in [0.5, 0.6) is 0 Å². The van der Waals surface area contributed by atoms with Crippen LogP contribution in [0.15, 0.2) is 29.2 Å². The van der Waals surface area contributed by atoms with Crippen LogP contribution in [0.3, 0.4) is 0 Å². The van der Waals surface area contributed by atoms with E-state index in [0.717, 1.165) is 22.3 Å². The summed E-state index contributed by atoms with van der Waals surface area (Å²) in [6, 6.07) is 7.00. The first-order valence-electron chi connectivity index (χ1n) is 7.14. The van der Waals surface area contributed by atoms with E-state index in [4.69, 9.17) is 23.2 Å². The third-order valence-electron chi connectivity index (χ3n) is 4.03. The fourth-order valence-corrected chi connectivity index (χ4v) is 4.59. The van der Waals surface area contributed by atoms with Gasteiger partial charge in [0.25, 0.3) is 0 Å². The molecule has 0 aliphatic rings. The summed E-state index contributed by atoms with van der Waals surface area (Å²) < 4.78 is 28.1. The summed E-state index contributed by atoms with van der Waals surface area (Å²) in [5, 5.41) is 0.955. The maximum Gasteiger partial charge on any atom is 0.241 e. The average Bonchev–Trinajstić information content (AvgIpc) is 2.44. The normalized spacial score (nSPS) is 11.7. The molecule has 0 spiro atoms. The number of rotatable bonds is 4. The molecule has 0 saturated carbocycles. The lowest BCUT2D eigenvalue weighted by Gasteiger charge is -2.16. The van der Waals surface area contributed by atoms with Crippen molar-refractivity contribution in [2.45, 2.75) is 39.1 Å². The van der Waals surface area contributed by atoms with Crippen molar-refractivity contribution < 1.29 is 8.42 Å². The van der Waals surface area contributed by atoms with Gasteiger partial charge in [-0.15, -0.1) is 0 Å². The van der Waals surface area contributed by atoms with E-state index in [2.05, 4.69) is 4.72 Å². The van der Waals surface area contributed by atoms with Crippen molar-refractivity contribution in [3.8, 4) is 0 Å². The number of hydrogen-bond acceptors (Lipinski definition) is 2. The lowest BCUT2D eigenvalue weighted by Crippen LogP contribution is -2.25. The number of nitrogens with one attached hydrogen (secondary N) is 1. The monoisotopic (exact) mass is 371 g/mol. The van der Waals surface area contributed by atoms with Gasteiger partial charge in [-0.1, -0.05) is 35.3 Å². The van der Waals surface area contributed by atoms with E-state index in [-0.39, 0.29) is 6.54 Å². The van der Waals surface area contributed by atoms with Crippen LogP contribution in [0.1, 0.15) is 27.8 Å². The van der Waals surface area contributed by atoms with E-state index < -0.39 is 10.0 Å². The van der Waals surface area contributed by atoms with Crippen molar-refractivity contribution in [1.82, 2.24) is 4.72 Å². The molecule has 0 aliphatic carbocycles. The van der Waals surface area contributed by atoms with Crippen LogP contribution in [-0.4, -0.2) is 8.42 Å². The van der Waals surface area contributed by atoms with Crippen molar-refractivity contribution in [1.29, 1.82) is 0 Å². The minimum absolute atomic E-state index is 0.115. The zero-order chi connectivity index (χ0) is 17.4. The Bertz CT molecular complexity index is 835. The summed E-state index contributed by atoms with van der Waals surface area (Å²) >= 11 is 12.0. The van der Waals surface area contributed by atoms with E-state index in [0.29, 0.717) is 20.5 Å². The topological polar surface area (TPSA) is 46.2 Å². The zero-order valence-corrected chi connectivity index (χ0v) is 15.8. The van der Waals surface area contributed by atoms with Crippen molar-refractivity contribution in [2.24, 2.45) is 0 Å². The Labute approximate surface area is 147 Å². The van der Waals surface area contributed by atoms with Gasteiger partial charge < -0.3 is 0 Å². The zero-order valence-electron chi connectivity index (χ0n) is 13.5. The molecule has 0 radical (unpaired) electrons. The van der Waals surface area contributed by atoms with Crippen LogP contribution in [0.25, 0.3) is 0 Å². The summed E-state index contributed by atoms with van der Waals surface area (Å²) in [6.07, 6.45) is 0. The molecule has 2 rings (SSSR count). The Morgan fingerprint density at radius 2 is 1.52 bits per heavy atom. The van der Waals surface area contributed by atoms with Crippen molar-refractivity contribution in [3.05, 3.63) is 62.1 Å². The van der Waals surface area contributed by atoms with Gasteiger partial charge in [0.2, 0.25) is 10.0 Å². The third-order valence-corrected chi connectivity index (χ3v) is 6.29. The molecule has 0 saturated heterocycles. The number of benzene rings is 2. The third kappa shape index (κ3) is 3.89. The lowest BCUT2D eigenvalue weighted by atomic mass is 10.0. The second-order valence-corrected chi connectivity index (χ2v) is 8.20. The van der Waals surface area contributed by atoms with Crippen LogP contribution in [-0.2, 0) is 16.6 Å². The second-order valence-electron chi connectivity index (χ2n) is 5.65. The molecule has 2 aromatic carbocycles. The van der Waals surface area contributed by atoms with Crippen LogP contribution in [0, 0.1) is 27.7 Å². The Morgan fingerprint density at radius 1 is 0.957 bits per heavy atom. The van der Waals surface area contributed by atoms with Gasteiger partial charge in [0.15, 0.2) is 0 Å². The molecule has 0 unspecified atom stereocenters. The molecule has 0 heterocycles. The predicted octanol–water partition coefficient (Wildman–Crippen LogP) is 4.71. The maximum absolute atomic E-state index is 12.7. The first-order chi connectivity index (χ1) is 10.6. The van der Waals surface area contributed by atoms with Gasteiger partial charge in [0, 0.05) is 16.6 Å². The predicted molar refractivity (Wildman–Crippen MR) is 95.9 cm³/mol. The van der Waals surface area contributed by atoms with Gasteiger partial charge in [-0.05, 0) is 67.6 Å². The van der Waals surface area contributed by atoms with Gasteiger partial charge in [-0.25, -0.2) is 13.1 Å². The lowest BCUT2D eigenvalue weighted by molar-refractivity contribution is 0.579. The summed E-state index contributed by atoms with van der Waals surface area (Å²) in [7, 11) is -3.63. The standard InChI is InChI=1S/C17H19Cl2NO2S/c1-10-7-11(2)13(4)17(12(10)3)23(21,22)20-9-14-5-6-15(18)8-16(14)19/h5-8,20H,9H2,1-4H3. The molecule has 1 N–H and O–H groups in total. The van der Waals surface area contributed by atoms with E-state index in [1.807, 2.05) is 33.8 Å². The highest BCUT2D eigenvalue weighted by Gasteiger charge is 2.22. The molecule has 23 heavy (non-hydrogen) atoms. The van der Waals surface area contributed by atoms with Crippen molar-refractivity contribution in [3.63, 3.8) is 0 Å². The minimum Gasteiger partial charge on any atom is -0.207 e. The Kier molecular flexibility index (Phi) is 5.41. The van der Waals surface area contributed by atoms with Gasteiger partial charge in [-0.3, -0.25) is 0 Å². The minimum atomic E-state index is -3.63. The SMILES string of the molecule is Cc1cc(C)c(C)c(S(=O)(=O)NCc2ccc(Cl)cc2Cl)c1C. The maximum atomic E-state index is 12.7. The van der Waals surface area contributed by atoms with E-state index in [1.54, 1.807) is 18.2 Å². The fraction of sp³-hybridized carbons (Fsp3) is 0.294. The number of halogens is 2. The van der Waals surface area contributed by atoms with Crippen LogP contribution in [0.2, 0.25) is 10.0 Å². The van der Waals surface area contributed by atoms with Gasteiger partial charge in [-0.2, -0.15) is 0 Å². The summed E-state index contributed by atoms with van der Waals surface area (Å²) in [6.45, 7) is 7.59. The molecule has 3 nitrogen and oxygen atoms in total. The quantitative estimate of drug-likeness (QED) is 0.845. The molecule has 0 amide bonds. The number of sulfonamides is 1. The van der Waals surface area contributed by atoms with E-state index in [1.165, 1.54) is 0 Å². The second kappa shape index (κ2) is 6.81. The van der Waals surface area contributed by atoms with Crippen LogP contribution < -0.4 is 4.72 Å². The molecule has 124 valence electrons. The Balaban J connectivity index is 2.37. The molecule has 0 bridgehead atoms. The molecule has 6 heteroatoms. The summed E-state index contributed by atoms with van der Waals surface area (Å²) in [5.41, 5.74) is 4.13. The summed E-state index contributed by atoms with van der Waals surface area (Å²) in [5.74, 6) is 0. The van der Waals surface area contributed by atoms with Crippen molar-refractivity contribution >= 4 is 33.2 Å². The van der Waals surface area contributed by atoms with Crippen molar-refractivity contribution in [2.75, 3.05) is 0 Å². The fourth-order valence-electron chi connectivity index (χ4n) is 2.49. The van der Waals surface area contributed by atoms with E-state index in [9.17, 15) is 8.42 Å². The molecular weight excluding hydrogens is 353 g/mol. The molecule has 0 aromatic heterocycles. The highest BCUT2D eigenvalue weighted by Crippen LogP contribution is 2.27. The summed E-state index contributed by atoms with van der Waals surface area (Å²) in [4.78, 5) is 0.347. The number of hydrogen-bond donors (Lipinski definition) is 1. The van der Waals surface area contributed by atoms with Gasteiger partial charge in [0.05, 0.1) is 4.90 Å². The van der Waals surface area contributed by atoms with Gasteiger partial charge >= 0.3 is 0 Å². The first-order valence-corrected chi connectivity index (χ1v) is 9.38. The van der Waals surface area contributed by atoms with Gasteiger partial charge in [0.1, 0.15) is 0 Å². The largest absolute Gasteiger partial charge is 0.241 e. The molecular formula is C17H19Cl2NO2S. The Morgan fingerprint density at radius 3 is 2.04 bits per heavy atom. The molecule has 2 aromatic rings. The highest BCUT2D eigenvalue weighted by atomic mass is 35.5. The first kappa shape index (κ1) is 18.3. The molecule has 0 aliphatic heterocycles. The Hall–Kier alpha value is -1.07. The van der Waals surface area contributed by atoms with Crippen LogP contribution in [0.4, 0.5) is 0 Å². The van der Waals surface area contributed by atoms with E-state index >= 15 is 0 Å². The molecule has 0 fully saturated rings. The smallest absolute Gasteiger partial charge is 0.207 e. The molecule has 0 atom stereocenters. The average molecular weight is 372 g/mol. The van der Waals surface area contributed by atoms with Crippen LogP contribution >= 0.6 is 23.2 Å².